The molecule has 0 aliphatic carbocycles. The maximum absolute atomic E-state index is 5.10. The van der Waals surface area contributed by atoms with E-state index >= 15 is 0 Å². The van der Waals surface area contributed by atoms with Gasteiger partial charge in [-0.05, 0) is 42.2 Å². The van der Waals surface area contributed by atoms with Crippen molar-refractivity contribution >= 4 is 21.8 Å². The first-order chi connectivity index (χ1) is 22.6. The highest BCUT2D eigenvalue weighted by Gasteiger charge is 2.16. The Kier molecular flexibility index (Phi) is 6.88. The highest BCUT2D eigenvalue weighted by Crippen LogP contribution is 2.36. The van der Waals surface area contributed by atoms with Gasteiger partial charge in [0.05, 0.1) is 22.4 Å². The van der Waals surface area contributed by atoms with E-state index in [-0.39, 0.29) is 0 Å². The molecular weight excluding hydrogens is 560 g/mol. The predicted molar refractivity (Wildman–Crippen MR) is 189 cm³/mol. The largest absolute Gasteiger partial charge is 0.228 e. The summed E-state index contributed by atoms with van der Waals surface area (Å²) in [6, 6.07) is 50.2. The van der Waals surface area contributed by atoms with Crippen molar-refractivity contribution in [3.8, 4) is 56.4 Å². The summed E-state index contributed by atoms with van der Waals surface area (Å²) in [5.74, 6) is 1.45. The molecule has 8 aromatic rings. The van der Waals surface area contributed by atoms with Gasteiger partial charge in [-0.1, -0.05) is 140 Å². The SMILES string of the molecule is Cc1cccc2c(-c3ccc(-c4cc(C)c5c(-c6ccccc6)nc(-c6ccccc6)nc5c4)cc3)nc(-c3ccccc3)nc12. The number of para-hydroxylation sites is 1. The van der Waals surface area contributed by atoms with Gasteiger partial charge in [0.1, 0.15) is 0 Å². The van der Waals surface area contributed by atoms with E-state index in [2.05, 4.69) is 117 Å². The van der Waals surface area contributed by atoms with Crippen LogP contribution in [0.4, 0.5) is 0 Å². The fraction of sp³-hybridized carbons (Fsp3) is 0.0476. The van der Waals surface area contributed by atoms with Crippen LogP contribution in [0.1, 0.15) is 11.1 Å². The number of benzene rings is 6. The Bertz CT molecular complexity index is 2350. The van der Waals surface area contributed by atoms with E-state index in [1.807, 2.05) is 42.5 Å². The number of aryl methyl sites for hydroxylation is 2. The van der Waals surface area contributed by atoms with Crippen LogP contribution in [0.2, 0.25) is 0 Å². The van der Waals surface area contributed by atoms with Gasteiger partial charge in [0.25, 0.3) is 0 Å². The Morgan fingerprint density at radius 2 is 0.913 bits per heavy atom. The topological polar surface area (TPSA) is 51.6 Å². The minimum Gasteiger partial charge on any atom is -0.228 e. The highest BCUT2D eigenvalue weighted by molar-refractivity contribution is 5.99. The number of aromatic nitrogens is 4. The van der Waals surface area contributed by atoms with Gasteiger partial charge in [0.2, 0.25) is 0 Å². The van der Waals surface area contributed by atoms with E-state index in [1.165, 1.54) is 0 Å². The van der Waals surface area contributed by atoms with Crippen LogP contribution in [-0.2, 0) is 0 Å². The van der Waals surface area contributed by atoms with Crippen LogP contribution in [0.25, 0.3) is 78.2 Å². The molecule has 218 valence electrons. The van der Waals surface area contributed by atoms with Gasteiger partial charge in [-0.2, -0.15) is 0 Å². The number of nitrogens with zero attached hydrogens (tertiary/aromatic N) is 4. The van der Waals surface area contributed by atoms with E-state index in [4.69, 9.17) is 19.9 Å². The number of rotatable bonds is 5. The molecule has 0 saturated carbocycles. The molecule has 0 atom stereocenters. The Hall–Kier alpha value is -6.00. The molecule has 0 aliphatic rings. The Morgan fingerprint density at radius 3 is 1.57 bits per heavy atom. The van der Waals surface area contributed by atoms with Crippen LogP contribution >= 0.6 is 0 Å². The lowest BCUT2D eigenvalue weighted by Gasteiger charge is -2.14. The van der Waals surface area contributed by atoms with Crippen molar-refractivity contribution in [2.75, 3.05) is 0 Å². The molecule has 4 heteroatoms. The summed E-state index contributed by atoms with van der Waals surface area (Å²) >= 11 is 0. The zero-order chi connectivity index (χ0) is 31.0. The summed E-state index contributed by atoms with van der Waals surface area (Å²) in [5.41, 5.74) is 12.4. The lowest BCUT2D eigenvalue weighted by molar-refractivity contribution is 1.22. The first-order valence-corrected chi connectivity index (χ1v) is 15.5. The van der Waals surface area contributed by atoms with Crippen LogP contribution in [-0.4, -0.2) is 19.9 Å². The van der Waals surface area contributed by atoms with Crippen molar-refractivity contribution in [1.29, 1.82) is 0 Å². The van der Waals surface area contributed by atoms with E-state index in [0.717, 1.165) is 89.4 Å². The molecule has 2 aromatic heterocycles. The van der Waals surface area contributed by atoms with E-state index < -0.39 is 0 Å². The van der Waals surface area contributed by atoms with Gasteiger partial charge in [-0.3, -0.25) is 0 Å². The van der Waals surface area contributed by atoms with E-state index in [9.17, 15) is 0 Å². The summed E-state index contributed by atoms with van der Waals surface area (Å²) in [7, 11) is 0. The molecule has 0 aliphatic heterocycles. The fourth-order valence-corrected chi connectivity index (χ4v) is 6.21. The monoisotopic (exact) mass is 590 g/mol. The molecular formula is C42H30N4. The minimum atomic E-state index is 0.721. The molecule has 0 fully saturated rings. The predicted octanol–water partition coefficient (Wildman–Crippen LogP) is 10.5. The number of hydrogen-bond donors (Lipinski definition) is 0. The van der Waals surface area contributed by atoms with Crippen LogP contribution in [0, 0.1) is 13.8 Å². The lowest BCUT2D eigenvalue weighted by atomic mass is 9.95. The third-order valence-electron chi connectivity index (χ3n) is 8.53. The molecule has 2 heterocycles. The zero-order valence-electron chi connectivity index (χ0n) is 25.6. The van der Waals surface area contributed by atoms with Gasteiger partial charge in [0.15, 0.2) is 11.6 Å². The smallest absolute Gasteiger partial charge is 0.160 e. The van der Waals surface area contributed by atoms with Crippen LogP contribution in [0.3, 0.4) is 0 Å². The van der Waals surface area contributed by atoms with Gasteiger partial charge in [-0.25, -0.2) is 19.9 Å². The Labute approximate surface area is 268 Å². The first kappa shape index (κ1) is 27.5. The van der Waals surface area contributed by atoms with Crippen LogP contribution < -0.4 is 0 Å². The summed E-state index contributed by atoms with van der Waals surface area (Å²) in [6.07, 6.45) is 0. The molecule has 0 saturated heterocycles. The van der Waals surface area contributed by atoms with Crippen molar-refractivity contribution in [2.45, 2.75) is 13.8 Å². The standard InChI is InChI=1S/C42H30N4/c1-27-13-12-20-35-38(27)44-42(33-18-10-5-11-19-33)45-39(35)31-23-21-29(22-24-31)34-25-28(2)37-36(26-34)43-41(32-16-8-4-9-17-32)46-40(37)30-14-6-3-7-15-30/h3-26H,1-2H3. The second-order valence-electron chi connectivity index (χ2n) is 11.6. The summed E-state index contributed by atoms with van der Waals surface area (Å²) in [5, 5.41) is 2.12. The van der Waals surface area contributed by atoms with Crippen molar-refractivity contribution in [3.05, 3.63) is 157 Å². The highest BCUT2D eigenvalue weighted by atomic mass is 14.9. The average molecular weight is 591 g/mol. The second-order valence-corrected chi connectivity index (χ2v) is 11.6. The molecule has 0 bridgehead atoms. The van der Waals surface area contributed by atoms with E-state index in [0.29, 0.717) is 0 Å². The van der Waals surface area contributed by atoms with E-state index in [1.54, 1.807) is 0 Å². The Morgan fingerprint density at radius 1 is 0.370 bits per heavy atom. The Balaban J connectivity index is 1.26. The second kappa shape index (κ2) is 11.5. The molecule has 0 N–H and O–H groups in total. The number of hydrogen-bond acceptors (Lipinski definition) is 4. The maximum atomic E-state index is 5.10. The van der Waals surface area contributed by atoms with Gasteiger partial charge in [-0.15, -0.1) is 0 Å². The van der Waals surface area contributed by atoms with Crippen molar-refractivity contribution in [1.82, 2.24) is 19.9 Å². The minimum absolute atomic E-state index is 0.721. The van der Waals surface area contributed by atoms with Gasteiger partial charge >= 0.3 is 0 Å². The quantitative estimate of drug-likeness (QED) is 0.200. The molecule has 6 aromatic carbocycles. The molecule has 0 radical (unpaired) electrons. The number of fused-ring (bicyclic) bond motifs is 2. The maximum Gasteiger partial charge on any atom is 0.160 e. The first-order valence-electron chi connectivity index (χ1n) is 15.5. The molecule has 0 amide bonds. The summed E-state index contributed by atoms with van der Waals surface area (Å²) in [4.78, 5) is 20.2. The average Bonchev–Trinajstić information content (AvgIpc) is 3.12. The lowest BCUT2D eigenvalue weighted by Crippen LogP contribution is -1.98. The molecule has 0 unspecified atom stereocenters. The molecule has 46 heavy (non-hydrogen) atoms. The normalized spacial score (nSPS) is 11.3. The molecule has 0 spiro atoms. The van der Waals surface area contributed by atoms with Crippen molar-refractivity contribution < 1.29 is 0 Å². The third-order valence-corrected chi connectivity index (χ3v) is 8.53. The molecule has 8 rings (SSSR count). The van der Waals surface area contributed by atoms with Crippen molar-refractivity contribution in [3.63, 3.8) is 0 Å². The zero-order valence-corrected chi connectivity index (χ0v) is 25.6. The third kappa shape index (κ3) is 5.00. The van der Waals surface area contributed by atoms with Crippen LogP contribution in [0.15, 0.2) is 146 Å². The fourth-order valence-electron chi connectivity index (χ4n) is 6.21. The summed E-state index contributed by atoms with van der Waals surface area (Å²) < 4.78 is 0. The van der Waals surface area contributed by atoms with Crippen LogP contribution in [0.5, 0.6) is 0 Å². The van der Waals surface area contributed by atoms with Crippen molar-refractivity contribution in [2.24, 2.45) is 0 Å². The summed E-state index contributed by atoms with van der Waals surface area (Å²) in [6.45, 7) is 4.26. The van der Waals surface area contributed by atoms with Gasteiger partial charge < -0.3 is 0 Å². The van der Waals surface area contributed by atoms with Gasteiger partial charge in [0, 0.05) is 33.0 Å². The molecule has 4 nitrogen and oxygen atoms in total.